The normalized spacial score (nSPS) is 25.4. The minimum absolute atomic E-state index is 0.0630. The highest BCUT2D eigenvalue weighted by Crippen LogP contribution is 2.45. The van der Waals surface area contributed by atoms with Crippen molar-refractivity contribution in [2.24, 2.45) is 23.7 Å². The second-order valence-corrected chi connectivity index (χ2v) is 8.05. The second kappa shape index (κ2) is 7.63. The van der Waals surface area contributed by atoms with E-state index in [1.165, 1.54) is 0 Å². The van der Waals surface area contributed by atoms with Gasteiger partial charge < -0.3 is 10.6 Å². The zero-order valence-electron chi connectivity index (χ0n) is 16.3. The monoisotopic (exact) mass is 374 g/mol. The Labute approximate surface area is 166 Å². The van der Waals surface area contributed by atoms with Crippen LogP contribution in [0.1, 0.15) is 24.0 Å². The van der Waals surface area contributed by atoms with Crippen LogP contribution in [0.4, 0.5) is 11.4 Å². The van der Waals surface area contributed by atoms with Crippen LogP contribution in [0.2, 0.25) is 0 Å². The van der Waals surface area contributed by atoms with Gasteiger partial charge in [0, 0.05) is 11.4 Å². The first-order chi connectivity index (χ1) is 13.5. The van der Waals surface area contributed by atoms with Crippen molar-refractivity contribution in [2.75, 3.05) is 10.6 Å². The quantitative estimate of drug-likeness (QED) is 0.762. The highest BCUT2D eigenvalue weighted by atomic mass is 16.2. The molecule has 0 spiro atoms. The van der Waals surface area contributed by atoms with Crippen LogP contribution < -0.4 is 10.6 Å². The zero-order chi connectivity index (χ0) is 19.7. The number of nitrogens with one attached hydrogen (secondary N) is 2. The summed E-state index contributed by atoms with van der Waals surface area (Å²) in [6.45, 7) is 4.03. The maximum atomic E-state index is 13.1. The summed E-state index contributed by atoms with van der Waals surface area (Å²) in [5, 5.41) is 6.05. The van der Waals surface area contributed by atoms with E-state index in [1.54, 1.807) is 0 Å². The summed E-state index contributed by atoms with van der Waals surface area (Å²) in [6, 6.07) is 15.5. The van der Waals surface area contributed by atoms with E-state index in [0.717, 1.165) is 35.3 Å². The molecule has 0 aliphatic heterocycles. The molecule has 1 saturated carbocycles. The Balaban J connectivity index is 1.54. The zero-order valence-corrected chi connectivity index (χ0v) is 16.3. The van der Waals surface area contributed by atoms with Gasteiger partial charge in [-0.1, -0.05) is 47.5 Å². The number of allylic oxidation sites excluding steroid dienone is 2. The number of amides is 2. The second-order valence-electron chi connectivity index (χ2n) is 8.05. The van der Waals surface area contributed by atoms with Crippen LogP contribution in [0.3, 0.4) is 0 Å². The number of anilines is 2. The number of rotatable bonds is 4. The van der Waals surface area contributed by atoms with Crippen LogP contribution in [0.5, 0.6) is 0 Å². The first kappa shape index (κ1) is 18.5. The Morgan fingerprint density at radius 1 is 0.679 bits per heavy atom. The molecule has 4 atom stereocenters. The predicted octanol–water partition coefficient (Wildman–Crippen LogP) is 4.71. The maximum absolute atomic E-state index is 13.1. The van der Waals surface area contributed by atoms with Gasteiger partial charge in [0.1, 0.15) is 0 Å². The van der Waals surface area contributed by atoms with Gasteiger partial charge in [-0.15, -0.1) is 0 Å². The fourth-order valence-electron chi connectivity index (χ4n) is 4.43. The summed E-state index contributed by atoms with van der Waals surface area (Å²) in [5.74, 6) is -0.571. The standard InChI is InChI=1S/C24H26N2O2/c1-15-3-11-19(12-4-15)25-23(27)21-17-7-9-18(10-8-17)22(21)24(28)26-20-13-5-16(2)6-14-20/h3-7,9,11-14,17-18,21-22H,8,10H2,1-2H3,(H,25,27)(H,26,28). The molecule has 2 bridgehead atoms. The lowest BCUT2D eigenvalue weighted by molar-refractivity contribution is -0.134. The molecule has 0 saturated heterocycles. The Morgan fingerprint density at radius 3 is 1.36 bits per heavy atom. The Hall–Kier alpha value is -2.88. The van der Waals surface area contributed by atoms with Crippen molar-refractivity contribution in [2.45, 2.75) is 26.7 Å². The number of benzene rings is 2. The molecule has 0 aromatic heterocycles. The third-order valence-electron chi connectivity index (χ3n) is 5.99. The van der Waals surface area contributed by atoms with Crippen molar-refractivity contribution in [3.63, 3.8) is 0 Å². The van der Waals surface area contributed by atoms with Gasteiger partial charge >= 0.3 is 0 Å². The van der Waals surface area contributed by atoms with Gasteiger partial charge in [0.25, 0.3) is 0 Å². The molecule has 5 rings (SSSR count). The minimum atomic E-state index is -0.337. The summed E-state index contributed by atoms with van der Waals surface area (Å²) in [5.41, 5.74) is 3.85. The fraction of sp³-hybridized carbons (Fsp3) is 0.333. The van der Waals surface area contributed by atoms with E-state index >= 15 is 0 Å². The average Bonchev–Trinajstić information content (AvgIpc) is 2.71. The smallest absolute Gasteiger partial charge is 0.228 e. The number of fused-ring (bicyclic) bond motifs is 2. The molecule has 4 unspecified atom stereocenters. The highest BCUT2D eigenvalue weighted by Gasteiger charge is 2.48. The average molecular weight is 374 g/mol. The third-order valence-corrected chi connectivity index (χ3v) is 5.99. The van der Waals surface area contributed by atoms with Crippen LogP contribution in [-0.4, -0.2) is 11.8 Å². The molecular formula is C24H26N2O2. The molecule has 4 heteroatoms. The Bertz CT molecular complexity index is 824. The summed E-state index contributed by atoms with van der Waals surface area (Å²) in [7, 11) is 0. The van der Waals surface area contributed by atoms with Crippen LogP contribution >= 0.6 is 0 Å². The number of hydrogen-bond acceptors (Lipinski definition) is 2. The molecule has 2 amide bonds. The van der Waals surface area contributed by atoms with E-state index in [1.807, 2.05) is 62.4 Å². The van der Waals surface area contributed by atoms with Gasteiger partial charge in [0.15, 0.2) is 0 Å². The third kappa shape index (κ3) is 3.72. The molecule has 1 fully saturated rings. The van der Waals surface area contributed by atoms with Crippen LogP contribution in [0.15, 0.2) is 60.7 Å². The van der Waals surface area contributed by atoms with E-state index in [-0.39, 0.29) is 35.5 Å². The molecule has 4 nitrogen and oxygen atoms in total. The molecule has 2 aromatic rings. The predicted molar refractivity (Wildman–Crippen MR) is 112 cm³/mol. The van der Waals surface area contributed by atoms with E-state index < -0.39 is 0 Å². The number of hydrogen-bond donors (Lipinski definition) is 2. The molecule has 0 heterocycles. The number of carbonyl (C=O) groups excluding carboxylic acids is 2. The molecule has 28 heavy (non-hydrogen) atoms. The van der Waals surface area contributed by atoms with Crippen LogP contribution in [0.25, 0.3) is 0 Å². The van der Waals surface area contributed by atoms with Crippen molar-refractivity contribution in [1.29, 1.82) is 0 Å². The molecular weight excluding hydrogens is 348 g/mol. The van der Waals surface area contributed by atoms with Crippen molar-refractivity contribution < 1.29 is 9.59 Å². The largest absolute Gasteiger partial charge is 0.326 e. The molecule has 2 aromatic carbocycles. The molecule has 0 radical (unpaired) electrons. The lowest BCUT2D eigenvalue weighted by Gasteiger charge is -2.43. The van der Waals surface area contributed by atoms with Crippen LogP contribution in [-0.2, 0) is 9.59 Å². The van der Waals surface area contributed by atoms with Crippen molar-refractivity contribution in [1.82, 2.24) is 0 Å². The van der Waals surface area contributed by atoms with Gasteiger partial charge in [-0.25, -0.2) is 0 Å². The Kier molecular flexibility index (Phi) is 5.03. The van der Waals surface area contributed by atoms with Gasteiger partial charge in [0.05, 0.1) is 11.8 Å². The molecule has 144 valence electrons. The molecule has 2 N–H and O–H groups in total. The van der Waals surface area contributed by atoms with Gasteiger partial charge in [-0.3, -0.25) is 9.59 Å². The van der Waals surface area contributed by atoms with E-state index in [2.05, 4.69) is 22.8 Å². The first-order valence-electron chi connectivity index (χ1n) is 9.94. The van der Waals surface area contributed by atoms with E-state index in [4.69, 9.17) is 0 Å². The fourth-order valence-corrected chi connectivity index (χ4v) is 4.43. The summed E-state index contributed by atoms with van der Waals surface area (Å²) < 4.78 is 0. The minimum Gasteiger partial charge on any atom is -0.326 e. The van der Waals surface area contributed by atoms with Gasteiger partial charge in [0.2, 0.25) is 11.8 Å². The lowest BCUT2D eigenvalue weighted by Crippen LogP contribution is -2.48. The van der Waals surface area contributed by atoms with E-state index in [9.17, 15) is 9.59 Å². The lowest BCUT2D eigenvalue weighted by atomic mass is 9.61. The van der Waals surface area contributed by atoms with Crippen molar-refractivity contribution in [3.05, 3.63) is 71.8 Å². The van der Waals surface area contributed by atoms with Crippen molar-refractivity contribution >= 4 is 23.2 Å². The van der Waals surface area contributed by atoms with Gasteiger partial charge in [-0.05, 0) is 62.8 Å². The summed E-state index contributed by atoms with van der Waals surface area (Å²) in [4.78, 5) is 26.3. The first-order valence-corrected chi connectivity index (χ1v) is 9.94. The summed E-state index contributed by atoms with van der Waals surface area (Å²) in [6.07, 6.45) is 6.18. The molecule has 3 aliphatic rings. The van der Waals surface area contributed by atoms with Crippen molar-refractivity contribution in [3.8, 4) is 0 Å². The molecule has 3 aliphatic carbocycles. The number of carbonyl (C=O) groups is 2. The number of aryl methyl sites for hydroxylation is 2. The topological polar surface area (TPSA) is 58.2 Å². The highest BCUT2D eigenvalue weighted by molar-refractivity contribution is 6.00. The maximum Gasteiger partial charge on any atom is 0.228 e. The Morgan fingerprint density at radius 2 is 1.04 bits per heavy atom. The van der Waals surface area contributed by atoms with Gasteiger partial charge in [-0.2, -0.15) is 0 Å². The SMILES string of the molecule is Cc1ccc(NC(=O)C2C3C=CC(CC3)C2C(=O)Nc2ccc(C)cc2)cc1. The van der Waals surface area contributed by atoms with E-state index in [0.29, 0.717) is 0 Å². The summed E-state index contributed by atoms with van der Waals surface area (Å²) >= 11 is 0. The van der Waals surface area contributed by atoms with Crippen LogP contribution in [0, 0.1) is 37.5 Å².